The Morgan fingerprint density at radius 1 is 1.09 bits per heavy atom. The maximum Gasteiger partial charge on any atom is 0.198 e. The Morgan fingerprint density at radius 3 is 2.57 bits per heavy atom. The average Bonchev–Trinajstić information content (AvgIpc) is 2.61. The van der Waals surface area contributed by atoms with Crippen LogP contribution in [0.3, 0.4) is 0 Å². The van der Waals surface area contributed by atoms with Crippen LogP contribution < -0.4 is 5.32 Å². The normalized spacial score (nSPS) is 15.5. The van der Waals surface area contributed by atoms with E-state index in [9.17, 15) is 4.39 Å². The number of piperidine rings is 1. The number of aromatic nitrogens is 1. The van der Waals surface area contributed by atoms with Crippen LogP contribution in [-0.2, 0) is 6.54 Å². The lowest BCUT2D eigenvalue weighted by Crippen LogP contribution is -2.40. The Balaban J connectivity index is 1.75. The molecule has 1 aliphatic heterocycles. The van der Waals surface area contributed by atoms with E-state index in [1.54, 1.807) is 6.07 Å². The zero-order valence-corrected chi connectivity index (χ0v) is 13.1. The number of benzene rings is 1. The van der Waals surface area contributed by atoms with Gasteiger partial charge in [0.1, 0.15) is 5.82 Å². The largest absolute Gasteiger partial charge is 0.343 e. The van der Waals surface area contributed by atoms with Crippen molar-refractivity contribution < 1.29 is 4.39 Å². The summed E-state index contributed by atoms with van der Waals surface area (Å²) in [5.41, 5.74) is 1.78. The van der Waals surface area contributed by atoms with Crippen LogP contribution in [0, 0.1) is 5.82 Å². The van der Waals surface area contributed by atoms with Crippen molar-refractivity contribution in [3.8, 4) is 0 Å². The summed E-state index contributed by atoms with van der Waals surface area (Å²) < 4.78 is 12.9. The highest BCUT2D eigenvalue weighted by molar-refractivity contribution is 5.93. The number of pyridine rings is 1. The van der Waals surface area contributed by atoms with Crippen molar-refractivity contribution in [3.05, 3.63) is 60.2 Å². The summed E-state index contributed by atoms with van der Waals surface area (Å²) in [5, 5.41) is 3.40. The highest BCUT2D eigenvalue weighted by Crippen LogP contribution is 2.13. The van der Waals surface area contributed by atoms with E-state index in [0.29, 0.717) is 6.54 Å². The van der Waals surface area contributed by atoms with Crippen LogP contribution >= 0.6 is 0 Å². The van der Waals surface area contributed by atoms with Gasteiger partial charge in [0.25, 0.3) is 0 Å². The van der Waals surface area contributed by atoms with Gasteiger partial charge in [-0.2, -0.15) is 0 Å². The Morgan fingerprint density at radius 2 is 1.87 bits per heavy atom. The first kappa shape index (κ1) is 15.5. The summed E-state index contributed by atoms with van der Waals surface area (Å²) >= 11 is 0. The molecule has 0 unspecified atom stereocenters. The molecule has 1 aliphatic rings. The zero-order chi connectivity index (χ0) is 15.9. The van der Waals surface area contributed by atoms with E-state index in [4.69, 9.17) is 0 Å². The number of anilines is 1. The Hall–Kier alpha value is -2.43. The zero-order valence-electron chi connectivity index (χ0n) is 13.1. The molecule has 1 saturated heterocycles. The van der Waals surface area contributed by atoms with E-state index in [0.717, 1.165) is 30.4 Å². The van der Waals surface area contributed by atoms with Gasteiger partial charge in [-0.3, -0.25) is 4.98 Å². The molecule has 1 fully saturated rings. The van der Waals surface area contributed by atoms with Gasteiger partial charge in [-0.1, -0.05) is 18.2 Å². The van der Waals surface area contributed by atoms with Crippen LogP contribution in [-0.4, -0.2) is 28.9 Å². The molecule has 120 valence electrons. The highest BCUT2D eigenvalue weighted by atomic mass is 19.1. The van der Waals surface area contributed by atoms with E-state index in [1.807, 2.05) is 30.3 Å². The van der Waals surface area contributed by atoms with Gasteiger partial charge in [0.2, 0.25) is 0 Å². The third-order valence-corrected chi connectivity index (χ3v) is 3.86. The quantitative estimate of drug-likeness (QED) is 0.694. The van der Waals surface area contributed by atoms with Crippen LogP contribution in [0.1, 0.15) is 25.0 Å². The summed E-state index contributed by atoms with van der Waals surface area (Å²) in [6.45, 7) is 2.46. The molecule has 0 saturated carbocycles. The van der Waals surface area contributed by atoms with Gasteiger partial charge in [-0.25, -0.2) is 9.38 Å². The molecule has 0 spiro atoms. The van der Waals surface area contributed by atoms with Crippen LogP contribution in [0.25, 0.3) is 0 Å². The molecule has 23 heavy (non-hydrogen) atoms. The molecule has 0 atom stereocenters. The third kappa shape index (κ3) is 4.52. The monoisotopic (exact) mass is 312 g/mol. The molecule has 0 amide bonds. The van der Waals surface area contributed by atoms with E-state index in [1.165, 1.54) is 31.5 Å². The van der Waals surface area contributed by atoms with Crippen LogP contribution in [0.5, 0.6) is 0 Å². The molecule has 1 N–H and O–H groups in total. The average molecular weight is 312 g/mol. The minimum absolute atomic E-state index is 0.323. The van der Waals surface area contributed by atoms with E-state index in [2.05, 4.69) is 20.2 Å². The summed E-state index contributed by atoms with van der Waals surface area (Å²) in [7, 11) is 0. The molecule has 2 aromatic rings. The highest BCUT2D eigenvalue weighted by Gasteiger charge is 2.15. The second-order valence-electron chi connectivity index (χ2n) is 5.65. The molecule has 2 heterocycles. The number of hydrogen-bond acceptors (Lipinski definition) is 2. The van der Waals surface area contributed by atoms with Crippen molar-refractivity contribution in [1.29, 1.82) is 0 Å². The molecule has 4 nitrogen and oxygen atoms in total. The van der Waals surface area contributed by atoms with Crippen molar-refractivity contribution >= 4 is 11.6 Å². The molecular formula is C18H21FN4. The first-order chi connectivity index (χ1) is 11.3. The lowest BCUT2D eigenvalue weighted by molar-refractivity contribution is 0.340. The topological polar surface area (TPSA) is 40.5 Å². The van der Waals surface area contributed by atoms with Gasteiger partial charge in [0.15, 0.2) is 5.96 Å². The molecule has 0 bridgehead atoms. The van der Waals surface area contributed by atoms with E-state index >= 15 is 0 Å². The smallest absolute Gasteiger partial charge is 0.198 e. The predicted molar refractivity (Wildman–Crippen MR) is 90.8 cm³/mol. The fourth-order valence-electron chi connectivity index (χ4n) is 2.63. The van der Waals surface area contributed by atoms with E-state index in [-0.39, 0.29) is 5.82 Å². The van der Waals surface area contributed by atoms with Gasteiger partial charge in [0.05, 0.1) is 18.4 Å². The fraction of sp³-hybridized carbons (Fsp3) is 0.333. The molecule has 1 aromatic heterocycles. The SMILES string of the molecule is Fc1ccc(CN=C(Nc2ccccc2)N2CCCCC2)nc1. The first-order valence-corrected chi connectivity index (χ1v) is 8.03. The minimum atomic E-state index is -0.323. The summed E-state index contributed by atoms with van der Waals surface area (Å²) in [5.74, 6) is 0.540. The Bertz CT molecular complexity index is 634. The summed E-state index contributed by atoms with van der Waals surface area (Å²) in [4.78, 5) is 11.0. The third-order valence-electron chi connectivity index (χ3n) is 3.86. The molecular weight excluding hydrogens is 291 g/mol. The van der Waals surface area contributed by atoms with Crippen molar-refractivity contribution in [2.45, 2.75) is 25.8 Å². The number of hydrogen-bond donors (Lipinski definition) is 1. The second-order valence-corrected chi connectivity index (χ2v) is 5.65. The van der Waals surface area contributed by atoms with Crippen molar-refractivity contribution in [1.82, 2.24) is 9.88 Å². The number of rotatable bonds is 3. The van der Waals surface area contributed by atoms with Crippen molar-refractivity contribution in [3.63, 3.8) is 0 Å². The molecule has 0 radical (unpaired) electrons. The lowest BCUT2D eigenvalue weighted by Gasteiger charge is -2.30. The van der Waals surface area contributed by atoms with Crippen molar-refractivity contribution in [2.24, 2.45) is 4.99 Å². The Kier molecular flexibility index (Phi) is 5.19. The number of guanidine groups is 1. The number of aliphatic imine (C=N–C) groups is 1. The van der Waals surface area contributed by atoms with E-state index < -0.39 is 0 Å². The Labute approximate surface area is 136 Å². The van der Waals surface area contributed by atoms with Gasteiger partial charge >= 0.3 is 0 Å². The van der Waals surface area contributed by atoms with Gasteiger partial charge in [-0.15, -0.1) is 0 Å². The van der Waals surface area contributed by atoms with Crippen LogP contribution in [0.2, 0.25) is 0 Å². The maximum atomic E-state index is 12.9. The summed E-state index contributed by atoms with van der Waals surface area (Å²) in [6, 6.07) is 13.1. The number of likely N-dealkylation sites (tertiary alicyclic amines) is 1. The standard InChI is InChI=1S/C18H21FN4/c19-15-9-10-17(20-13-15)14-21-18(23-11-5-2-6-12-23)22-16-7-3-1-4-8-16/h1,3-4,7-10,13H,2,5-6,11-12,14H2,(H,21,22). The minimum Gasteiger partial charge on any atom is -0.343 e. The number of nitrogens with one attached hydrogen (secondary N) is 1. The molecule has 1 aromatic carbocycles. The second kappa shape index (κ2) is 7.72. The maximum absolute atomic E-state index is 12.9. The van der Waals surface area contributed by atoms with Crippen LogP contribution in [0.15, 0.2) is 53.7 Å². The van der Waals surface area contributed by atoms with Gasteiger partial charge < -0.3 is 10.2 Å². The molecule has 5 heteroatoms. The predicted octanol–water partition coefficient (Wildman–Crippen LogP) is 3.67. The van der Waals surface area contributed by atoms with Crippen LogP contribution in [0.4, 0.5) is 10.1 Å². The summed E-state index contributed by atoms with van der Waals surface area (Å²) in [6.07, 6.45) is 4.87. The lowest BCUT2D eigenvalue weighted by atomic mass is 10.1. The molecule has 3 rings (SSSR count). The van der Waals surface area contributed by atoms with Gasteiger partial charge in [0, 0.05) is 18.8 Å². The number of halogens is 1. The van der Waals surface area contributed by atoms with Crippen molar-refractivity contribution in [2.75, 3.05) is 18.4 Å². The fourth-order valence-corrected chi connectivity index (χ4v) is 2.63. The first-order valence-electron chi connectivity index (χ1n) is 8.03. The number of para-hydroxylation sites is 1. The van der Waals surface area contributed by atoms with Gasteiger partial charge in [-0.05, 0) is 43.5 Å². The number of nitrogens with zero attached hydrogens (tertiary/aromatic N) is 3. The molecule has 0 aliphatic carbocycles.